The lowest BCUT2D eigenvalue weighted by molar-refractivity contribution is -0.153. The maximum atomic E-state index is 6.23. The van der Waals surface area contributed by atoms with Crippen LogP contribution in [0, 0.1) is 11.8 Å². The fourth-order valence-electron chi connectivity index (χ4n) is 3.92. The Bertz CT molecular complexity index is 670. The quantitative estimate of drug-likeness (QED) is 0.857. The van der Waals surface area contributed by atoms with Gasteiger partial charge in [-0.05, 0) is 23.3 Å². The van der Waals surface area contributed by atoms with E-state index in [-0.39, 0.29) is 24.4 Å². The Kier molecular flexibility index (Phi) is 4.27. The number of ether oxygens (including phenoxy) is 4. The second-order valence-corrected chi connectivity index (χ2v) is 6.34. The summed E-state index contributed by atoms with van der Waals surface area (Å²) in [5, 5.41) is 0. The molecular formula is C20H22O4. The van der Waals surface area contributed by atoms with Gasteiger partial charge in [0.05, 0.1) is 25.9 Å². The lowest BCUT2D eigenvalue weighted by Crippen LogP contribution is -2.24. The van der Waals surface area contributed by atoms with Gasteiger partial charge in [-0.1, -0.05) is 42.5 Å². The Hall–Kier alpha value is -1.88. The minimum Gasteiger partial charge on any atom is -0.497 e. The summed E-state index contributed by atoms with van der Waals surface area (Å²) in [6.07, 6.45) is -0.251. The van der Waals surface area contributed by atoms with Crippen molar-refractivity contribution in [3.63, 3.8) is 0 Å². The number of fused-ring (bicyclic) bond motifs is 1. The monoisotopic (exact) mass is 326 g/mol. The molecule has 0 aromatic heterocycles. The predicted molar refractivity (Wildman–Crippen MR) is 89.7 cm³/mol. The van der Waals surface area contributed by atoms with E-state index in [9.17, 15) is 0 Å². The standard InChI is InChI=1S/C20H22O4/c1-21-15-10-8-14(9-11-15)19-17-16(12-23-19)18(24-20(17)22-2)13-6-4-3-5-7-13/h3-11,16-20H,12H2,1-2H3/t16-,17-,18-,19+,20+/m0/s1. The van der Waals surface area contributed by atoms with Gasteiger partial charge in [-0.2, -0.15) is 0 Å². The largest absolute Gasteiger partial charge is 0.497 e. The number of methoxy groups -OCH3 is 2. The first-order valence-corrected chi connectivity index (χ1v) is 8.30. The minimum atomic E-state index is -0.255. The fraction of sp³-hybridized carbons (Fsp3) is 0.400. The van der Waals surface area contributed by atoms with Gasteiger partial charge in [-0.25, -0.2) is 0 Å². The topological polar surface area (TPSA) is 36.9 Å². The van der Waals surface area contributed by atoms with Crippen molar-refractivity contribution >= 4 is 0 Å². The normalized spacial score (nSPS) is 31.8. The van der Waals surface area contributed by atoms with E-state index in [1.807, 2.05) is 30.3 Å². The molecule has 0 amide bonds. The maximum Gasteiger partial charge on any atom is 0.164 e. The molecule has 0 radical (unpaired) electrons. The van der Waals surface area contributed by atoms with Gasteiger partial charge in [-0.15, -0.1) is 0 Å². The summed E-state index contributed by atoms with van der Waals surface area (Å²) in [6, 6.07) is 18.4. The van der Waals surface area contributed by atoms with Gasteiger partial charge in [0.2, 0.25) is 0 Å². The molecule has 0 N–H and O–H groups in total. The molecule has 2 aliphatic heterocycles. The van der Waals surface area contributed by atoms with Crippen LogP contribution >= 0.6 is 0 Å². The zero-order valence-electron chi connectivity index (χ0n) is 13.9. The summed E-state index contributed by atoms with van der Waals surface area (Å²) in [7, 11) is 3.38. The van der Waals surface area contributed by atoms with Crippen LogP contribution in [0.3, 0.4) is 0 Å². The first-order valence-electron chi connectivity index (χ1n) is 8.30. The summed E-state index contributed by atoms with van der Waals surface area (Å²) in [5.41, 5.74) is 2.33. The zero-order valence-corrected chi connectivity index (χ0v) is 13.9. The SMILES string of the molecule is COc1ccc([C@H]2OC[C@H]3[C@@H]2[C@H](OC)O[C@H]3c2ccccc2)cc1. The van der Waals surface area contributed by atoms with Crippen LogP contribution in [0.15, 0.2) is 54.6 Å². The Balaban J connectivity index is 1.62. The number of hydrogen-bond donors (Lipinski definition) is 0. The van der Waals surface area contributed by atoms with E-state index in [0.29, 0.717) is 12.5 Å². The first kappa shape index (κ1) is 15.6. The highest BCUT2D eigenvalue weighted by Crippen LogP contribution is 2.53. The molecule has 5 atom stereocenters. The fourth-order valence-corrected chi connectivity index (χ4v) is 3.92. The van der Waals surface area contributed by atoms with Crippen LogP contribution in [0.2, 0.25) is 0 Å². The molecule has 4 rings (SSSR count). The van der Waals surface area contributed by atoms with Gasteiger partial charge in [0.15, 0.2) is 6.29 Å². The average Bonchev–Trinajstić information content (AvgIpc) is 3.23. The molecule has 4 heteroatoms. The Morgan fingerprint density at radius 2 is 1.58 bits per heavy atom. The number of benzene rings is 2. The lowest BCUT2D eigenvalue weighted by Gasteiger charge is -2.22. The van der Waals surface area contributed by atoms with Gasteiger partial charge in [0.1, 0.15) is 5.75 Å². The van der Waals surface area contributed by atoms with Crippen LogP contribution in [0.25, 0.3) is 0 Å². The van der Waals surface area contributed by atoms with Gasteiger partial charge in [0.25, 0.3) is 0 Å². The molecule has 126 valence electrons. The van der Waals surface area contributed by atoms with Crippen molar-refractivity contribution in [2.24, 2.45) is 11.8 Å². The van der Waals surface area contributed by atoms with Crippen molar-refractivity contribution in [1.82, 2.24) is 0 Å². The summed E-state index contributed by atoms with van der Waals surface area (Å²) in [5.74, 6) is 1.33. The van der Waals surface area contributed by atoms with Crippen LogP contribution in [0.5, 0.6) is 5.75 Å². The smallest absolute Gasteiger partial charge is 0.164 e. The second kappa shape index (κ2) is 6.55. The summed E-state index contributed by atoms with van der Waals surface area (Å²) in [6.45, 7) is 0.681. The average molecular weight is 326 g/mol. The van der Waals surface area contributed by atoms with Crippen LogP contribution < -0.4 is 4.74 Å². The summed E-state index contributed by atoms with van der Waals surface area (Å²) >= 11 is 0. The van der Waals surface area contributed by atoms with Crippen LogP contribution in [-0.2, 0) is 14.2 Å². The second-order valence-electron chi connectivity index (χ2n) is 6.34. The third kappa shape index (κ3) is 2.61. The van der Waals surface area contributed by atoms with Gasteiger partial charge < -0.3 is 18.9 Å². The molecule has 2 aromatic rings. The highest BCUT2D eigenvalue weighted by molar-refractivity contribution is 5.30. The van der Waals surface area contributed by atoms with Crippen LogP contribution in [-0.4, -0.2) is 27.1 Å². The van der Waals surface area contributed by atoms with Crippen molar-refractivity contribution in [2.75, 3.05) is 20.8 Å². The van der Waals surface area contributed by atoms with Crippen LogP contribution in [0.4, 0.5) is 0 Å². The highest BCUT2D eigenvalue weighted by Gasteiger charge is 2.53. The molecule has 2 aliphatic rings. The van der Waals surface area contributed by atoms with E-state index in [2.05, 4.69) is 24.3 Å². The van der Waals surface area contributed by atoms with Crippen molar-refractivity contribution in [3.05, 3.63) is 65.7 Å². The third-order valence-electron chi connectivity index (χ3n) is 5.10. The molecule has 0 saturated carbocycles. The zero-order chi connectivity index (χ0) is 16.5. The molecule has 0 spiro atoms. The minimum absolute atomic E-state index is 0.0143. The molecule has 2 aromatic carbocycles. The Labute approximate surface area is 142 Å². The molecule has 0 bridgehead atoms. The third-order valence-corrected chi connectivity index (χ3v) is 5.10. The van der Waals surface area contributed by atoms with Crippen molar-refractivity contribution in [3.8, 4) is 5.75 Å². The molecule has 2 heterocycles. The number of rotatable bonds is 4. The van der Waals surface area contributed by atoms with E-state index < -0.39 is 0 Å². The van der Waals surface area contributed by atoms with E-state index in [1.165, 1.54) is 5.56 Å². The van der Waals surface area contributed by atoms with Crippen molar-refractivity contribution < 1.29 is 18.9 Å². The molecule has 4 nitrogen and oxygen atoms in total. The Morgan fingerprint density at radius 1 is 0.875 bits per heavy atom. The summed E-state index contributed by atoms with van der Waals surface area (Å²) in [4.78, 5) is 0. The first-order chi connectivity index (χ1) is 11.8. The van der Waals surface area contributed by atoms with Crippen molar-refractivity contribution in [1.29, 1.82) is 0 Å². The lowest BCUT2D eigenvalue weighted by atomic mass is 9.84. The molecule has 0 aliphatic carbocycles. The molecular weight excluding hydrogens is 304 g/mol. The highest BCUT2D eigenvalue weighted by atomic mass is 16.7. The van der Waals surface area contributed by atoms with Gasteiger partial charge >= 0.3 is 0 Å². The molecule has 2 saturated heterocycles. The van der Waals surface area contributed by atoms with E-state index in [0.717, 1.165) is 11.3 Å². The maximum absolute atomic E-state index is 6.23. The van der Waals surface area contributed by atoms with Crippen molar-refractivity contribution in [2.45, 2.75) is 18.5 Å². The molecule has 0 unspecified atom stereocenters. The van der Waals surface area contributed by atoms with E-state index in [1.54, 1.807) is 14.2 Å². The molecule has 2 fully saturated rings. The Morgan fingerprint density at radius 3 is 2.25 bits per heavy atom. The number of hydrogen-bond acceptors (Lipinski definition) is 4. The van der Waals surface area contributed by atoms with Gasteiger partial charge in [-0.3, -0.25) is 0 Å². The molecule has 24 heavy (non-hydrogen) atoms. The summed E-state index contributed by atoms with van der Waals surface area (Å²) < 4.78 is 23.3. The van der Waals surface area contributed by atoms with E-state index >= 15 is 0 Å². The van der Waals surface area contributed by atoms with E-state index in [4.69, 9.17) is 18.9 Å². The predicted octanol–water partition coefficient (Wildman–Crippen LogP) is 3.74. The van der Waals surface area contributed by atoms with Crippen LogP contribution in [0.1, 0.15) is 23.3 Å². The van der Waals surface area contributed by atoms with Gasteiger partial charge in [0, 0.05) is 18.9 Å².